The van der Waals surface area contributed by atoms with E-state index in [0.717, 1.165) is 19.3 Å². The normalized spacial score (nSPS) is 6.25. The third-order valence-corrected chi connectivity index (χ3v) is 0.729. The minimum Gasteiger partial charge on any atom is -0.343 e. The van der Waals surface area contributed by atoms with Crippen LogP contribution in [0.2, 0.25) is 0 Å². The summed E-state index contributed by atoms with van der Waals surface area (Å²) in [5.74, 6) is 5.78. The van der Waals surface area contributed by atoms with Gasteiger partial charge in [0.2, 0.25) is 0 Å². The van der Waals surface area contributed by atoms with Gasteiger partial charge in [-0.25, -0.2) is 0 Å². The third-order valence-electron chi connectivity index (χ3n) is 0.729. The van der Waals surface area contributed by atoms with Crippen LogP contribution in [0.3, 0.4) is 0 Å². The smallest absolute Gasteiger partial charge is 0.343 e. The standard InChI is InChI=1S/C7H11.Zn/c1-3-5-7-6-4-2;/h1,3,5,7H2,2H3;/q-1;+2. The van der Waals surface area contributed by atoms with Crippen LogP contribution in [0, 0.1) is 18.8 Å². The maximum Gasteiger partial charge on any atom is 2.00 e. The first-order valence-corrected chi connectivity index (χ1v) is 2.60. The molecule has 0 rings (SSSR count). The molecule has 0 aromatic rings. The Hall–Kier alpha value is 0.183. The summed E-state index contributed by atoms with van der Waals surface area (Å²) in [6, 6.07) is 0. The molecule has 0 heterocycles. The minimum absolute atomic E-state index is 0. The van der Waals surface area contributed by atoms with Crippen LogP contribution in [-0.4, -0.2) is 0 Å². The van der Waals surface area contributed by atoms with Gasteiger partial charge in [0.05, 0.1) is 0 Å². The van der Waals surface area contributed by atoms with Crippen LogP contribution in [0.4, 0.5) is 0 Å². The quantitative estimate of drug-likeness (QED) is 0.251. The van der Waals surface area contributed by atoms with Crippen LogP contribution in [0.15, 0.2) is 0 Å². The average Bonchev–Trinajstić information content (AvgIpc) is 1.69. The van der Waals surface area contributed by atoms with Crippen molar-refractivity contribution in [1.29, 1.82) is 0 Å². The van der Waals surface area contributed by atoms with Crippen LogP contribution in [0.1, 0.15) is 26.2 Å². The van der Waals surface area contributed by atoms with Crippen molar-refractivity contribution in [2.24, 2.45) is 0 Å². The average molecular weight is 161 g/mol. The van der Waals surface area contributed by atoms with Crippen LogP contribution < -0.4 is 0 Å². The molecule has 0 aliphatic carbocycles. The molecule has 0 bridgehead atoms. The van der Waals surface area contributed by atoms with E-state index < -0.39 is 0 Å². The molecule has 0 saturated carbocycles. The summed E-state index contributed by atoms with van der Waals surface area (Å²) in [7, 11) is 0. The minimum atomic E-state index is 0. The van der Waals surface area contributed by atoms with E-state index in [-0.39, 0.29) is 19.5 Å². The number of unbranched alkanes of at least 4 members (excludes halogenated alkanes) is 2. The van der Waals surface area contributed by atoms with Gasteiger partial charge in [-0.2, -0.15) is 6.42 Å². The first-order chi connectivity index (χ1) is 3.41. The zero-order valence-corrected chi connectivity index (χ0v) is 8.50. The van der Waals surface area contributed by atoms with Crippen molar-refractivity contribution >= 4 is 0 Å². The van der Waals surface area contributed by atoms with Crippen LogP contribution >= 0.6 is 0 Å². The molecule has 0 aromatic carbocycles. The van der Waals surface area contributed by atoms with Gasteiger partial charge in [-0.1, -0.05) is 6.42 Å². The molecule has 1 heteroatoms. The maximum atomic E-state index is 3.69. The van der Waals surface area contributed by atoms with Crippen molar-refractivity contribution < 1.29 is 19.5 Å². The molecule has 0 nitrogen and oxygen atoms in total. The molecule has 0 N–H and O–H groups in total. The first kappa shape index (κ1) is 11.0. The second-order valence-electron chi connectivity index (χ2n) is 1.38. The number of hydrogen-bond donors (Lipinski definition) is 0. The van der Waals surface area contributed by atoms with Gasteiger partial charge in [-0.05, 0) is 6.92 Å². The van der Waals surface area contributed by atoms with E-state index in [1.807, 2.05) is 6.92 Å². The zero-order valence-electron chi connectivity index (χ0n) is 5.54. The molecule has 0 atom stereocenters. The van der Waals surface area contributed by atoms with Crippen LogP contribution in [0.25, 0.3) is 0 Å². The molecule has 0 amide bonds. The monoisotopic (exact) mass is 159 g/mol. The fourth-order valence-electron chi connectivity index (χ4n) is 0.338. The molecule has 0 aromatic heterocycles. The molecule has 0 aliphatic heterocycles. The van der Waals surface area contributed by atoms with Gasteiger partial charge in [-0.15, -0.1) is 11.8 Å². The SMILES string of the molecule is [CH2-]CCCC#CC.[Zn+2]. The Morgan fingerprint density at radius 1 is 1.50 bits per heavy atom. The molecular weight excluding hydrogens is 149 g/mol. The largest absolute Gasteiger partial charge is 2.00 e. The molecule has 8 heavy (non-hydrogen) atoms. The van der Waals surface area contributed by atoms with E-state index in [0.29, 0.717) is 0 Å². The summed E-state index contributed by atoms with van der Waals surface area (Å²) in [5.41, 5.74) is 0. The summed E-state index contributed by atoms with van der Waals surface area (Å²) < 4.78 is 0. The van der Waals surface area contributed by atoms with Gasteiger partial charge in [0.25, 0.3) is 0 Å². The fourth-order valence-corrected chi connectivity index (χ4v) is 0.338. The second-order valence-corrected chi connectivity index (χ2v) is 1.38. The molecular formula is C7H11Zn+. The maximum absolute atomic E-state index is 3.69. The van der Waals surface area contributed by atoms with Gasteiger partial charge in [0, 0.05) is 6.42 Å². The summed E-state index contributed by atoms with van der Waals surface area (Å²) in [6.07, 6.45) is 3.16. The molecule has 0 spiro atoms. The molecule has 0 aliphatic rings. The van der Waals surface area contributed by atoms with Gasteiger partial charge in [-0.3, -0.25) is 0 Å². The van der Waals surface area contributed by atoms with E-state index in [1.54, 1.807) is 0 Å². The van der Waals surface area contributed by atoms with Crippen molar-refractivity contribution in [2.75, 3.05) is 0 Å². The molecule has 0 fully saturated rings. The third kappa shape index (κ3) is 9.49. The van der Waals surface area contributed by atoms with Crippen molar-refractivity contribution in [3.63, 3.8) is 0 Å². The van der Waals surface area contributed by atoms with Crippen molar-refractivity contribution in [2.45, 2.75) is 26.2 Å². The Balaban J connectivity index is 0. The Kier molecular flexibility index (Phi) is 14.1. The van der Waals surface area contributed by atoms with Crippen molar-refractivity contribution in [3.05, 3.63) is 6.92 Å². The van der Waals surface area contributed by atoms with E-state index in [4.69, 9.17) is 0 Å². The summed E-state index contributed by atoms with van der Waals surface area (Å²) in [6.45, 7) is 5.55. The number of rotatable bonds is 2. The van der Waals surface area contributed by atoms with E-state index in [2.05, 4.69) is 18.8 Å². The Bertz CT molecular complexity index is 76.1. The summed E-state index contributed by atoms with van der Waals surface area (Å²) in [5, 5.41) is 0. The Morgan fingerprint density at radius 2 is 2.12 bits per heavy atom. The van der Waals surface area contributed by atoms with E-state index in [9.17, 15) is 0 Å². The van der Waals surface area contributed by atoms with Crippen LogP contribution in [-0.2, 0) is 19.5 Å². The molecule has 0 unspecified atom stereocenters. The number of hydrogen-bond acceptors (Lipinski definition) is 0. The molecule has 40 valence electrons. The fraction of sp³-hybridized carbons (Fsp3) is 0.571. The van der Waals surface area contributed by atoms with Gasteiger partial charge in [0.15, 0.2) is 0 Å². The molecule has 0 saturated heterocycles. The Labute approximate surface area is 64.8 Å². The van der Waals surface area contributed by atoms with Gasteiger partial charge < -0.3 is 6.92 Å². The van der Waals surface area contributed by atoms with Crippen molar-refractivity contribution in [1.82, 2.24) is 0 Å². The predicted molar refractivity (Wildman–Crippen MR) is 32.7 cm³/mol. The van der Waals surface area contributed by atoms with Crippen LogP contribution in [0.5, 0.6) is 0 Å². The summed E-state index contributed by atoms with van der Waals surface area (Å²) >= 11 is 0. The van der Waals surface area contributed by atoms with E-state index >= 15 is 0 Å². The topological polar surface area (TPSA) is 0 Å². The predicted octanol–water partition coefficient (Wildman–Crippen LogP) is 2.01. The van der Waals surface area contributed by atoms with Gasteiger partial charge in [0.1, 0.15) is 0 Å². The first-order valence-electron chi connectivity index (χ1n) is 2.60. The van der Waals surface area contributed by atoms with Crippen molar-refractivity contribution in [3.8, 4) is 11.8 Å². The van der Waals surface area contributed by atoms with Gasteiger partial charge >= 0.3 is 19.5 Å². The Morgan fingerprint density at radius 3 is 2.50 bits per heavy atom. The second kappa shape index (κ2) is 10.2. The summed E-state index contributed by atoms with van der Waals surface area (Å²) in [4.78, 5) is 0. The van der Waals surface area contributed by atoms with E-state index in [1.165, 1.54) is 0 Å². The molecule has 0 radical (unpaired) electrons. The zero-order chi connectivity index (χ0) is 5.54.